The second-order valence-corrected chi connectivity index (χ2v) is 4.50. The lowest BCUT2D eigenvalue weighted by molar-refractivity contribution is 0.355. The maximum absolute atomic E-state index is 4.28. The van der Waals surface area contributed by atoms with Crippen LogP contribution in [0.1, 0.15) is 32.8 Å². The standard InChI is InChI=1S/C12H19N3/c1-12(2,3)15-10-11(9-14-15)7-5-6-8-13-4/h9-10,13H,6,8H2,1-4H3. The van der Waals surface area contributed by atoms with Crippen LogP contribution in [0.15, 0.2) is 12.4 Å². The summed E-state index contributed by atoms with van der Waals surface area (Å²) < 4.78 is 1.94. The van der Waals surface area contributed by atoms with Gasteiger partial charge >= 0.3 is 0 Å². The van der Waals surface area contributed by atoms with Crippen LogP contribution in [-0.2, 0) is 5.54 Å². The molecule has 0 aliphatic heterocycles. The fraction of sp³-hybridized carbons (Fsp3) is 0.583. The van der Waals surface area contributed by atoms with Gasteiger partial charge in [0, 0.05) is 19.2 Å². The van der Waals surface area contributed by atoms with Crippen molar-refractivity contribution in [2.75, 3.05) is 13.6 Å². The first-order valence-electron chi connectivity index (χ1n) is 5.22. The molecule has 1 heterocycles. The third kappa shape index (κ3) is 3.77. The van der Waals surface area contributed by atoms with E-state index in [4.69, 9.17) is 0 Å². The van der Waals surface area contributed by atoms with Gasteiger partial charge in [0.15, 0.2) is 0 Å². The summed E-state index contributed by atoms with van der Waals surface area (Å²) >= 11 is 0. The van der Waals surface area contributed by atoms with E-state index in [9.17, 15) is 0 Å². The molecule has 82 valence electrons. The van der Waals surface area contributed by atoms with Crippen LogP contribution in [0, 0.1) is 11.8 Å². The highest BCUT2D eigenvalue weighted by Gasteiger charge is 2.12. The van der Waals surface area contributed by atoms with E-state index in [2.05, 4.69) is 43.0 Å². The van der Waals surface area contributed by atoms with Gasteiger partial charge in [-0.1, -0.05) is 11.8 Å². The molecule has 0 fully saturated rings. The van der Waals surface area contributed by atoms with Crippen molar-refractivity contribution in [1.82, 2.24) is 15.1 Å². The molecule has 1 aromatic heterocycles. The third-order valence-corrected chi connectivity index (χ3v) is 2.00. The van der Waals surface area contributed by atoms with E-state index in [1.165, 1.54) is 0 Å². The first-order valence-corrected chi connectivity index (χ1v) is 5.22. The first kappa shape index (κ1) is 11.8. The van der Waals surface area contributed by atoms with E-state index in [1.807, 2.05) is 24.1 Å². The van der Waals surface area contributed by atoms with Crippen LogP contribution in [0.25, 0.3) is 0 Å². The molecule has 0 aromatic carbocycles. The number of nitrogens with one attached hydrogen (secondary N) is 1. The summed E-state index contributed by atoms with van der Waals surface area (Å²) in [5.74, 6) is 6.20. The number of hydrogen-bond acceptors (Lipinski definition) is 2. The zero-order valence-corrected chi connectivity index (χ0v) is 9.96. The minimum Gasteiger partial charge on any atom is -0.319 e. The maximum atomic E-state index is 4.28. The lowest BCUT2D eigenvalue weighted by atomic mass is 10.1. The highest BCUT2D eigenvalue weighted by atomic mass is 15.3. The van der Waals surface area contributed by atoms with Crippen molar-refractivity contribution in [2.45, 2.75) is 32.7 Å². The highest BCUT2D eigenvalue weighted by Crippen LogP contribution is 2.12. The zero-order valence-electron chi connectivity index (χ0n) is 9.96. The number of hydrogen-bond donors (Lipinski definition) is 1. The molecule has 15 heavy (non-hydrogen) atoms. The lowest BCUT2D eigenvalue weighted by Gasteiger charge is -2.18. The van der Waals surface area contributed by atoms with E-state index >= 15 is 0 Å². The Bertz CT molecular complexity index is 360. The van der Waals surface area contributed by atoms with Gasteiger partial charge in [0.05, 0.1) is 17.3 Å². The lowest BCUT2D eigenvalue weighted by Crippen LogP contribution is -2.21. The van der Waals surface area contributed by atoms with E-state index in [1.54, 1.807) is 0 Å². The van der Waals surface area contributed by atoms with Gasteiger partial charge in [-0.3, -0.25) is 4.68 Å². The number of aromatic nitrogens is 2. The van der Waals surface area contributed by atoms with Crippen LogP contribution < -0.4 is 5.32 Å². The summed E-state index contributed by atoms with van der Waals surface area (Å²) in [6.07, 6.45) is 4.68. The molecule has 3 nitrogen and oxygen atoms in total. The Morgan fingerprint density at radius 3 is 2.73 bits per heavy atom. The smallest absolute Gasteiger partial charge is 0.0646 e. The summed E-state index contributed by atoms with van der Waals surface area (Å²) in [7, 11) is 1.93. The molecule has 0 unspecified atom stereocenters. The summed E-state index contributed by atoms with van der Waals surface area (Å²) in [4.78, 5) is 0. The molecular weight excluding hydrogens is 186 g/mol. The van der Waals surface area contributed by atoms with Crippen molar-refractivity contribution in [2.24, 2.45) is 0 Å². The number of nitrogens with zero attached hydrogens (tertiary/aromatic N) is 2. The topological polar surface area (TPSA) is 29.9 Å². The Balaban J connectivity index is 2.63. The Kier molecular flexibility index (Phi) is 3.93. The van der Waals surface area contributed by atoms with E-state index in [0.29, 0.717) is 0 Å². The molecule has 0 saturated heterocycles. The average Bonchev–Trinajstić information content (AvgIpc) is 2.60. The van der Waals surface area contributed by atoms with E-state index < -0.39 is 0 Å². The Morgan fingerprint density at radius 1 is 1.47 bits per heavy atom. The van der Waals surface area contributed by atoms with Gasteiger partial charge in [0.25, 0.3) is 0 Å². The zero-order chi connectivity index (χ0) is 11.3. The maximum Gasteiger partial charge on any atom is 0.0646 e. The molecule has 1 aromatic rings. The minimum atomic E-state index is 0.0326. The van der Waals surface area contributed by atoms with Crippen LogP contribution in [0.5, 0.6) is 0 Å². The monoisotopic (exact) mass is 205 g/mol. The Labute approximate surface area is 91.9 Å². The molecule has 1 rings (SSSR count). The minimum absolute atomic E-state index is 0.0326. The average molecular weight is 205 g/mol. The summed E-state index contributed by atoms with van der Waals surface area (Å²) in [6.45, 7) is 7.30. The normalized spacial score (nSPS) is 10.9. The fourth-order valence-corrected chi connectivity index (χ4v) is 1.11. The van der Waals surface area contributed by atoms with Gasteiger partial charge in [0.2, 0.25) is 0 Å². The van der Waals surface area contributed by atoms with Crippen molar-refractivity contribution in [3.63, 3.8) is 0 Å². The molecule has 1 N–H and O–H groups in total. The molecule has 0 bridgehead atoms. The summed E-state index contributed by atoms with van der Waals surface area (Å²) in [5, 5.41) is 7.34. The van der Waals surface area contributed by atoms with E-state index in [-0.39, 0.29) is 5.54 Å². The van der Waals surface area contributed by atoms with Crippen molar-refractivity contribution in [3.05, 3.63) is 18.0 Å². The van der Waals surface area contributed by atoms with Gasteiger partial charge in [-0.05, 0) is 27.8 Å². The van der Waals surface area contributed by atoms with Crippen LogP contribution in [0.4, 0.5) is 0 Å². The molecular formula is C12H19N3. The molecule has 0 amide bonds. The first-order chi connectivity index (χ1) is 7.04. The van der Waals surface area contributed by atoms with Crippen LogP contribution >= 0.6 is 0 Å². The molecule has 0 saturated carbocycles. The van der Waals surface area contributed by atoms with Crippen molar-refractivity contribution >= 4 is 0 Å². The predicted molar refractivity (Wildman–Crippen MR) is 62.6 cm³/mol. The van der Waals surface area contributed by atoms with Gasteiger partial charge in [-0.15, -0.1) is 0 Å². The quantitative estimate of drug-likeness (QED) is 0.587. The Hall–Kier alpha value is -1.27. The summed E-state index contributed by atoms with van der Waals surface area (Å²) in [5.41, 5.74) is 1.02. The molecule has 3 heteroatoms. The van der Waals surface area contributed by atoms with Crippen LogP contribution in [0.2, 0.25) is 0 Å². The summed E-state index contributed by atoms with van der Waals surface area (Å²) in [6, 6.07) is 0. The van der Waals surface area contributed by atoms with Gasteiger partial charge in [0.1, 0.15) is 0 Å². The fourth-order valence-electron chi connectivity index (χ4n) is 1.11. The number of rotatable bonds is 2. The van der Waals surface area contributed by atoms with Crippen molar-refractivity contribution in [3.8, 4) is 11.8 Å². The second-order valence-electron chi connectivity index (χ2n) is 4.50. The third-order valence-electron chi connectivity index (χ3n) is 2.00. The second kappa shape index (κ2) is 4.99. The van der Waals surface area contributed by atoms with Gasteiger partial charge in [-0.2, -0.15) is 5.10 Å². The molecule has 0 aliphatic rings. The van der Waals surface area contributed by atoms with Crippen LogP contribution in [-0.4, -0.2) is 23.4 Å². The molecule has 0 aliphatic carbocycles. The molecule has 0 spiro atoms. The van der Waals surface area contributed by atoms with Crippen molar-refractivity contribution in [1.29, 1.82) is 0 Å². The SMILES string of the molecule is CNCCC#Cc1cnn(C(C)(C)C)c1. The van der Waals surface area contributed by atoms with Gasteiger partial charge < -0.3 is 5.32 Å². The largest absolute Gasteiger partial charge is 0.319 e. The van der Waals surface area contributed by atoms with Crippen LogP contribution in [0.3, 0.4) is 0 Å². The highest BCUT2D eigenvalue weighted by molar-refractivity contribution is 5.29. The van der Waals surface area contributed by atoms with E-state index in [0.717, 1.165) is 18.5 Å². The van der Waals surface area contributed by atoms with Crippen molar-refractivity contribution < 1.29 is 0 Å². The molecule has 0 radical (unpaired) electrons. The Morgan fingerprint density at radius 2 is 2.20 bits per heavy atom. The molecule has 0 atom stereocenters. The van der Waals surface area contributed by atoms with Gasteiger partial charge in [-0.25, -0.2) is 0 Å². The predicted octanol–water partition coefficient (Wildman–Crippen LogP) is 1.60.